The molecular weight excluding hydrogens is 222 g/mol. The minimum Gasteiger partial charge on any atom is -0.376 e. The molecule has 0 spiro atoms. The van der Waals surface area contributed by atoms with Crippen LogP contribution in [-0.2, 0) is 4.74 Å². The highest BCUT2D eigenvalue weighted by atomic mass is 16.5. The number of ether oxygens (including phenoxy) is 1. The van der Waals surface area contributed by atoms with E-state index in [1.165, 1.54) is 12.8 Å². The number of nitrogens with one attached hydrogen (secondary N) is 1. The summed E-state index contributed by atoms with van der Waals surface area (Å²) in [4.78, 5) is 0. The highest BCUT2D eigenvalue weighted by molar-refractivity contribution is 4.81. The van der Waals surface area contributed by atoms with E-state index < -0.39 is 0 Å². The summed E-state index contributed by atoms with van der Waals surface area (Å²) < 4.78 is 5.88. The molecule has 2 heteroatoms. The van der Waals surface area contributed by atoms with Crippen LogP contribution in [0.4, 0.5) is 0 Å². The molecule has 0 aromatic heterocycles. The first-order chi connectivity index (χ1) is 7.97. The summed E-state index contributed by atoms with van der Waals surface area (Å²) in [5.74, 6) is 0. The van der Waals surface area contributed by atoms with Crippen molar-refractivity contribution in [2.75, 3.05) is 13.2 Å². The Labute approximate surface area is 115 Å². The first kappa shape index (κ1) is 17.9. The van der Waals surface area contributed by atoms with E-state index in [2.05, 4.69) is 60.7 Å². The lowest BCUT2D eigenvalue weighted by Crippen LogP contribution is -2.43. The van der Waals surface area contributed by atoms with Gasteiger partial charge >= 0.3 is 0 Å². The van der Waals surface area contributed by atoms with Gasteiger partial charge in [-0.2, -0.15) is 0 Å². The maximum atomic E-state index is 5.88. The van der Waals surface area contributed by atoms with Crippen LogP contribution in [0.25, 0.3) is 0 Å². The number of hydrogen-bond donors (Lipinski definition) is 1. The quantitative estimate of drug-likeness (QED) is 0.730. The van der Waals surface area contributed by atoms with Crippen LogP contribution >= 0.6 is 0 Å². The molecule has 0 rings (SSSR count). The molecule has 1 unspecified atom stereocenters. The number of hydrogen-bond acceptors (Lipinski definition) is 2. The summed E-state index contributed by atoms with van der Waals surface area (Å²) in [5.41, 5.74) is 0.512. The number of rotatable bonds is 7. The molecule has 2 nitrogen and oxygen atoms in total. The Bertz CT molecular complexity index is 224. The molecular formula is C16H35NO. The summed E-state index contributed by atoms with van der Waals surface area (Å²) in [6, 6.07) is 0. The lowest BCUT2D eigenvalue weighted by atomic mass is 9.82. The maximum Gasteiger partial charge on any atom is 0.0598 e. The Morgan fingerprint density at radius 2 is 1.44 bits per heavy atom. The van der Waals surface area contributed by atoms with Gasteiger partial charge in [0.2, 0.25) is 0 Å². The van der Waals surface area contributed by atoms with E-state index in [0.717, 1.165) is 19.6 Å². The summed E-state index contributed by atoms with van der Waals surface area (Å²) in [7, 11) is 0. The molecule has 0 aliphatic heterocycles. The van der Waals surface area contributed by atoms with Gasteiger partial charge in [0.1, 0.15) is 0 Å². The monoisotopic (exact) mass is 257 g/mol. The predicted molar refractivity (Wildman–Crippen MR) is 81.1 cm³/mol. The minimum absolute atomic E-state index is 0.0232. The Morgan fingerprint density at radius 3 is 1.83 bits per heavy atom. The zero-order chi connectivity index (χ0) is 14.4. The summed E-state index contributed by atoms with van der Waals surface area (Å²) in [5, 5.41) is 3.64. The van der Waals surface area contributed by atoms with Crippen molar-refractivity contribution in [1.82, 2.24) is 5.32 Å². The third-order valence-electron chi connectivity index (χ3n) is 3.14. The lowest BCUT2D eigenvalue weighted by Gasteiger charge is -2.34. The van der Waals surface area contributed by atoms with E-state index in [1.54, 1.807) is 0 Å². The molecule has 0 aromatic carbocycles. The normalized spacial score (nSPS) is 16.7. The van der Waals surface area contributed by atoms with Crippen molar-refractivity contribution in [3.8, 4) is 0 Å². The molecule has 110 valence electrons. The van der Waals surface area contributed by atoms with Gasteiger partial charge < -0.3 is 10.1 Å². The minimum atomic E-state index is -0.0232. The van der Waals surface area contributed by atoms with Gasteiger partial charge in [0.15, 0.2) is 0 Å². The highest BCUT2D eigenvalue weighted by Crippen LogP contribution is 2.28. The molecule has 1 N–H and O–H groups in total. The molecule has 1 atom stereocenters. The predicted octanol–water partition coefficient (Wildman–Crippen LogP) is 4.39. The lowest BCUT2D eigenvalue weighted by molar-refractivity contribution is -0.0185. The van der Waals surface area contributed by atoms with Crippen molar-refractivity contribution in [3.63, 3.8) is 0 Å². The molecule has 0 aliphatic rings. The Kier molecular flexibility index (Phi) is 6.87. The summed E-state index contributed by atoms with van der Waals surface area (Å²) >= 11 is 0. The van der Waals surface area contributed by atoms with Crippen LogP contribution in [0.3, 0.4) is 0 Å². The van der Waals surface area contributed by atoms with Crippen LogP contribution in [0.15, 0.2) is 0 Å². The first-order valence-corrected chi connectivity index (χ1v) is 7.36. The Balaban J connectivity index is 4.25. The van der Waals surface area contributed by atoms with E-state index in [4.69, 9.17) is 4.74 Å². The van der Waals surface area contributed by atoms with E-state index in [-0.39, 0.29) is 11.1 Å². The van der Waals surface area contributed by atoms with Crippen molar-refractivity contribution in [2.45, 2.75) is 85.8 Å². The standard InChI is InChI=1S/C16H35NO/c1-9-10-16(8,13-17-14(2,3)4)11-12-18-15(5,6)7/h17H,9-13H2,1-8H3. The van der Waals surface area contributed by atoms with Crippen LogP contribution in [0.5, 0.6) is 0 Å². The fourth-order valence-corrected chi connectivity index (χ4v) is 1.99. The molecule has 0 heterocycles. The third-order valence-corrected chi connectivity index (χ3v) is 3.14. The molecule has 0 aromatic rings. The molecule has 0 fully saturated rings. The van der Waals surface area contributed by atoms with E-state index in [0.29, 0.717) is 5.41 Å². The molecule has 0 amide bonds. The van der Waals surface area contributed by atoms with Crippen LogP contribution in [0.1, 0.15) is 74.7 Å². The first-order valence-electron chi connectivity index (χ1n) is 7.36. The molecule has 18 heavy (non-hydrogen) atoms. The van der Waals surface area contributed by atoms with Crippen LogP contribution in [-0.4, -0.2) is 24.3 Å². The van der Waals surface area contributed by atoms with Crippen molar-refractivity contribution >= 4 is 0 Å². The molecule has 0 saturated heterocycles. The van der Waals surface area contributed by atoms with E-state index in [9.17, 15) is 0 Å². The molecule has 0 aliphatic carbocycles. The third kappa shape index (κ3) is 9.90. The average molecular weight is 257 g/mol. The van der Waals surface area contributed by atoms with Gasteiger partial charge in [0.05, 0.1) is 5.60 Å². The topological polar surface area (TPSA) is 21.3 Å². The Morgan fingerprint density at radius 1 is 0.889 bits per heavy atom. The van der Waals surface area contributed by atoms with Crippen LogP contribution in [0, 0.1) is 5.41 Å². The molecule has 0 radical (unpaired) electrons. The van der Waals surface area contributed by atoms with Crippen molar-refractivity contribution in [2.24, 2.45) is 5.41 Å². The Hall–Kier alpha value is -0.0800. The van der Waals surface area contributed by atoms with Crippen molar-refractivity contribution < 1.29 is 4.74 Å². The van der Waals surface area contributed by atoms with Gasteiger partial charge in [-0.05, 0) is 59.8 Å². The fourth-order valence-electron chi connectivity index (χ4n) is 1.99. The van der Waals surface area contributed by atoms with Crippen LogP contribution < -0.4 is 5.32 Å². The largest absolute Gasteiger partial charge is 0.376 e. The summed E-state index contributed by atoms with van der Waals surface area (Å²) in [6.45, 7) is 19.6. The van der Waals surface area contributed by atoms with E-state index >= 15 is 0 Å². The highest BCUT2D eigenvalue weighted by Gasteiger charge is 2.26. The van der Waals surface area contributed by atoms with E-state index in [1.807, 2.05) is 0 Å². The molecule has 0 saturated carbocycles. The second kappa shape index (κ2) is 6.91. The van der Waals surface area contributed by atoms with Crippen molar-refractivity contribution in [1.29, 1.82) is 0 Å². The zero-order valence-corrected chi connectivity index (χ0v) is 13.9. The summed E-state index contributed by atoms with van der Waals surface area (Å²) in [6.07, 6.45) is 3.61. The van der Waals surface area contributed by atoms with Gasteiger partial charge in [-0.3, -0.25) is 0 Å². The van der Waals surface area contributed by atoms with Gasteiger partial charge in [0, 0.05) is 18.7 Å². The van der Waals surface area contributed by atoms with Gasteiger partial charge in [-0.25, -0.2) is 0 Å². The smallest absolute Gasteiger partial charge is 0.0598 e. The van der Waals surface area contributed by atoms with Crippen molar-refractivity contribution in [3.05, 3.63) is 0 Å². The van der Waals surface area contributed by atoms with Gasteiger partial charge in [-0.1, -0.05) is 20.3 Å². The second-order valence-electron chi connectivity index (χ2n) is 7.88. The van der Waals surface area contributed by atoms with Crippen LogP contribution in [0.2, 0.25) is 0 Å². The van der Waals surface area contributed by atoms with Gasteiger partial charge in [-0.15, -0.1) is 0 Å². The SMILES string of the molecule is CCCC(C)(CCOC(C)(C)C)CNC(C)(C)C. The molecule has 0 bridgehead atoms. The van der Waals surface area contributed by atoms with Gasteiger partial charge in [0.25, 0.3) is 0 Å². The fraction of sp³-hybridized carbons (Fsp3) is 1.00. The average Bonchev–Trinajstić information content (AvgIpc) is 2.12. The second-order valence-corrected chi connectivity index (χ2v) is 7.88. The zero-order valence-electron chi connectivity index (χ0n) is 13.9. The maximum absolute atomic E-state index is 5.88.